The summed E-state index contributed by atoms with van der Waals surface area (Å²) in [6.07, 6.45) is 0. The molecule has 0 spiro atoms. The second-order valence-electron chi connectivity index (χ2n) is 6.15. The molecule has 0 saturated heterocycles. The standard InChI is InChI=1S/C19H21NO2/c1-12(2)13(3)20-19(21)18-14-8-4-6-10-16(14)22-17-11-7-5-9-15(17)18/h4-13,18H,1-3H3,(H,20,21)/t13-/m1/s1. The molecule has 1 atom stereocenters. The van der Waals surface area contributed by atoms with Crippen molar-refractivity contribution in [1.29, 1.82) is 0 Å². The highest BCUT2D eigenvalue weighted by Crippen LogP contribution is 2.43. The molecule has 0 radical (unpaired) electrons. The van der Waals surface area contributed by atoms with E-state index in [4.69, 9.17) is 4.74 Å². The summed E-state index contributed by atoms with van der Waals surface area (Å²) in [6.45, 7) is 6.26. The molecule has 2 aromatic rings. The Hall–Kier alpha value is -2.29. The van der Waals surface area contributed by atoms with Crippen LogP contribution in [0.4, 0.5) is 0 Å². The Morgan fingerprint density at radius 3 is 1.95 bits per heavy atom. The lowest BCUT2D eigenvalue weighted by Gasteiger charge is -2.29. The lowest BCUT2D eigenvalue weighted by molar-refractivity contribution is -0.122. The highest BCUT2D eigenvalue weighted by atomic mass is 16.5. The van der Waals surface area contributed by atoms with E-state index in [2.05, 4.69) is 19.2 Å². The number of carbonyl (C=O) groups is 1. The Labute approximate surface area is 131 Å². The molecule has 3 nitrogen and oxygen atoms in total. The third-order valence-electron chi connectivity index (χ3n) is 4.31. The number of rotatable bonds is 3. The zero-order valence-electron chi connectivity index (χ0n) is 13.2. The van der Waals surface area contributed by atoms with E-state index < -0.39 is 0 Å². The Balaban J connectivity index is 2.01. The average Bonchev–Trinajstić information content (AvgIpc) is 2.52. The Bertz CT molecular complexity index is 648. The Morgan fingerprint density at radius 1 is 0.955 bits per heavy atom. The van der Waals surface area contributed by atoms with Gasteiger partial charge in [0.15, 0.2) is 0 Å². The summed E-state index contributed by atoms with van der Waals surface area (Å²) in [4.78, 5) is 12.9. The lowest BCUT2D eigenvalue weighted by Crippen LogP contribution is -2.40. The summed E-state index contributed by atoms with van der Waals surface area (Å²) in [6, 6.07) is 15.6. The molecule has 0 fully saturated rings. The quantitative estimate of drug-likeness (QED) is 0.926. The van der Waals surface area contributed by atoms with Gasteiger partial charge < -0.3 is 10.1 Å². The lowest BCUT2D eigenvalue weighted by atomic mass is 9.87. The summed E-state index contributed by atoms with van der Waals surface area (Å²) in [5.74, 6) is 1.64. The first-order valence-corrected chi connectivity index (χ1v) is 7.74. The molecule has 22 heavy (non-hydrogen) atoms. The van der Waals surface area contributed by atoms with E-state index in [9.17, 15) is 4.79 Å². The average molecular weight is 295 g/mol. The molecule has 0 unspecified atom stereocenters. The molecular formula is C19H21NO2. The third kappa shape index (κ3) is 2.59. The minimum atomic E-state index is -0.317. The van der Waals surface area contributed by atoms with Crippen LogP contribution < -0.4 is 10.1 Å². The number of fused-ring (bicyclic) bond motifs is 2. The van der Waals surface area contributed by atoms with Crippen LogP contribution in [0.15, 0.2) is 48.5 Å². The molecule has 0 aromatic heterocycles. The summed E-state index contributed by atoms with van der Waals surface area (Å²) < 4.78 is 5.93. The van der Waals surface area contributed by atoms with Crippen LogP contribution in [0.3, 0.4) is 0 Å². The van der Waals surface area contributed by atoms with E-state index in [0.717, 1.165) is 22.6 Å². The zero-order chi connectivity index (χ0) is 15.7. The maximum Gasteiger partial charge on any atom is 0.232 e. The Morgan fingerprint density at radius 2 is 1.45 bits per heavy atom. The van der Waals surface area contributed by atoms with E-state index >= 15 is 0 Å². The molecule has 1 N–H and O–H groups in total. The Kier molecular flexibility index (Phi) is 3.88. The van der Waals surface area contributed by atoms with Gasteiger partial charge in [-0.25, -0.2) is 0 Å². The van der Waals surface area contributed by atoms with E-state index in [1.807, 2.05) is 55.5 Å². The van der Waals surface area contributed by atoms with Crippen LogP contribution in [0.25, 0.3) is 0 Å². The third-order valence-corrected chi connectivity index (χ3v) is 4.31. The van der Waals surface area contributed by atoms with Crippen molar-refractivity contribution in [3.05, 3.63) is 59.7 Å². The van der Waals surface area contributed by atoms with Gasteiger partial charge in [-0.1, -0.05) is 50.2 Å². The van der Waals surface area contributed by atoms with Gasteiger partial charge in [0.05, 0.1) is 5.92 Å². The van der Waals surface area contributed by atoms with Crippen LogP contribution in [0.1, 0.15) is 37.8 Å². The number of carbonyl (C=O) groups excluding carboxylic acids is 1. The van der Waals surface area contributed by atoms with Gasteiger partial charge >= 0.3 is 0 Å². The summed E-state index contributed by atoms with van der Waals surface area (Å²) in [5, 5.41) is 3.14. The van der Waals surface area contributed by atoms with Crippen molar-refractivity contribution >= 4 is 5.91 Å². The highest BCUT2D eigenvalue weighted by Gasteiger charge is 2.32. The molecular weight excluding hydrogens is 274 g/mol. The zero-order valence-corrected chi connectivity index (χ0v) is 13.2. The van der Waals surface area contributed by atoms with Gasteiger partial charge in [-0.05, 0) is 25.0 Å². The SMILES string of the molecule is CC(C)[C@@H](C)NC(=O)C1c2ccccc2Oc2ccccc21. The minimum absolute atomic E-state index is 0.0319. The topological polar surface area (TPSA) is 38.3 Å². The molecule has 3 rings (SSSR count). The number of nitrogens with one attached hydrogen (secondary N) is 1. The maximum atomic E-state index is 12.9. The van der Waals surface area contributed by atoms with Crippen LogP contribution in [-0.2, 0) is 4.79 Å². The number of amides is 1. The molecule has 0 saturated carbocycles. The summed E-state index contributed by atoms with van der Waals surface area (Å²) in [7, 11) is 0. The molecule has 114 valence electrons. The van der Waals surface area contributed by atoms with Crippen molar-refractivity contribution < 1.29 is 9.53 Å². The molecule has 0 aliphatic carbocycles. The van der Waals surface area contributed by atoms with Crippen molar-refractivity contribution in [3.8, 4) is 11.5 Å². The molecule has 2 aromatic carbocycles. The first-order chi connectivity index (χ1) is 10.6. The van der Waals surface area contributed by atoms with Crippen LogP contribution in [0.5, 0.6) is 11.5 Å². The van der Waals surface area contributed by atoms with Crippen molar-refractivity contribution in [2.45, 2.75) is 32.7 Å². The maximum absolute atomic E-state index is 12.9. The summed E-state index contributed by atoms with van der Waals surface area (Å²) in [5.41, 5.74) is 1.85. The first kappa shape index (κ1) is 14.6. The molecule has 1 aliphatic rings. The first-order valence-electron chi connectivity index (χ1n) is 7.74. The van der Waals surface area contributed by atoms with E-state index in [1.54, 1.807) is 0 Å². The predicted octanol–water partition coefficient (Wildman–Crippen LogP) is 4.08. The number of hydrogen-bond acceptors (Lipinski definition) is 2. The fraction of sp³-hybridized carbons (Fsp3) is 0.316. The van der Waals surface area contributed by atoms with Crippen molar-refractivity contribution in [2.75, 3.05) is 0 Å². The van der Waals surface area contributed by atoms with Crippen molar-refractivity contribution in [1.82, 2.24) is 5.32 Å². The summed E-state index contributed by atoms with van der Waals surface area (Å²) >= 11 is 0. The van der Waals surface area contributed by atoms with E-state index in [1.165, 1.54) is 0 Å². The second kappa shape index (κ2) is 5.84. The van der Waals surface area contributed by atoms with Gasteiger partial charge in [-0.15, -0.1) is 0 Å². The fourth-order valence-electron chi connectivity index (χ4n) is 2.67. The van der Waals surface area contributed by atoms with Gasteiger partial charge in [0.2, 0.25) is 5.91 Å². The molecule has 1 amide bonds. The van der Waals surface area contributed by atoms with Gasteiger partial charge in [0, 0.05) is 17.2 Å². The molecule has 3 heteroatoms. The largest absolute Gasteiger partial charge is 0.457 e. The van der Waals surface area contributed by atoms with Crippen molar-refractivity contribution in [3.63, 3.8) is 0 Å². The van der Waals surface area contributed by atoms with Crippen LogP contribution in [0, 0.1) is 5.92 Å². The smallest absolute Gasteiger partial charge is 0.232 e. The van der Waals surface area contributed by atoms with E-state index in [-0.39, 0.29) is 17.9 Å². The molecule has 1 heterocycles. The molecule has 0 bridgehead atoms. The fourth-order valence-corrected chi connectivity index (χ4v) is 2.67. The van der Waals surface area contributed by atoms with Gasteiger partial charge in [0.25, 0.3) is 0 Å². The van der Waals surface area contributed by atoms with Gasteiger partial charge in [-0.2, -0.15) is 0 Å². The van der Waals surface area contributed by atoms with Gasteiger partial charge in [0.1, 0.15) is 11.5 Å². The number of para-hydroxylation sites is 2. The van der Waals surface area contributed by atoms with Crippen LogP contribution in [0.2, 0.25) is 0 Å². The predicted molar refractivity (Wildman–Crippen MR) is 87.2 cm³/mol. The van der Waals surface area contributed by atoms with E-state index in [0.29, 0.717) is 5.92 Å². The van der Waals surface area contributed by atoms with Crippen LogP contribution in [-0.4, -0.2) is 11.9 Å². The highest BCUT2D eigenvalue weighted by molar-refractivity contribution is 5.89. The molecule has 1 aliphatic heterocycles. The minimum Gasteiger partial charge on any atom is -0.457 e. The number of benzene rings is 2. The number of ether oxygens (including phenoxy) is 1. The van der Waals surface area contributed by atoms with Crippen molar-refractivity contribution in [2.24, 2.45) is 5.92 Å². The number of hydrogen-bond donors (Lipinski definition) is 1. The second-order valence-corrected chi connectivity index (χ2v) is 6.15. The monoisotopic (exact) mass is 295 g/mol. The normalized spacial score (nSPS) is 14.7. The van der Waals surface area contributed by atoms with Crippen LogP contribution >= 0.6 is 0 Å². The van der Waals surface area contributed by atoms with Gasteiger partial charge in [-0.3, -0.25) is 4.79 Å².